The molecule has 0 aromatic carbocycles. The van der Waals surface area contributed by atoms with Crippen LogP contribution in [0.25, 0.3) is 0 Å². The van der Waals surface area contributed by atoms with E-state index in [2.05, 4.69) is 26.7 Å². The number of anilines is 1. The molecule has 25 heavy (non-hydrogen) atoms. The van der Waals surface area contributed by atoms with Crippen LogP contribution in [0.4, 0.5) is 10.6 Å². The van der Waals surface area contributed by atoms with Crippen molar-refractivity contribution in [3.05, 3.63) is 11.8 Å². The number of hydrogen-bond acceptors (Lipinski definition) is 4. The monoisotopic (exact) mass is 349 g/mol. The summed E-state index contributed by atoms with van der Waals surface area (Å²) in [5, 5.41) is 10.6. The lowest BCUT2D eigenvalue weighted by Gasteiger charge is -2.41. The van der Waals surface area contributed by atoms with E-state index in [9.17, 15) is 4.79 Å². The van der Waals surface area contributed by atoms with Gasteiger partial charge in [0.1, 0.15) is 5.82 Å². The zero-order chi connectivity index (χ0) is 17.9. The minimum absolute atomic E-state index is 0.0598. The van der Waals surface area contributed by atoms with Crippen LogP contribution in [0.3, 0.4) is 0 Å². The van der Waals surface area contributed by atoms with Crippen molar-refractivity contribution in [1.82, 2.24) is 20.4 Å². The predicted octanol–water partition coefficient (Wildman–Crippen LogP) is 1.81. The third-order valence-electron chi connectivity index (χ3n) is 5.55. The third-order valence-corrected chi connectivity index (χ3v) is 5.55. The van der Waals surface area contributed by atoms with Crippen LogP contribution in [0.2, 0.25) is 0 Å². The van der Waals surface area contributed by atoms with Crippen molar-refractivity contribution < 1.29 is 9.53 Å². The quantitative estimate of drug-likeness (QED) is 0.822. The first-order valence-electron chi connectivity index (χ1n) is 9.30. The number of hydrogen-bond donors (Lipinski definition) is 2. The first-order chi connectivity index (χ1) is 12.0. The molecule has 7 nitrogen and oxygen atoms in total. The Balaban J connectivity index is 1.49. The molecule has 1 saturated heterocycles. The maximum atomic E-state index is 12.3. The van der Waals surface area contributed by atoms with Crippen LogP contribution in [0, 0.1) is 12.3 Å². The Kier molecular flexibility index (Phi) is 5.51. The molecule has 2 heterocycles. The average Bonchev–Trinajstić information content (AvgIpc) is 2.88. The highest BCUT2D eigenvalue weighted by molar-refractivity contribution is 5.74. The van der Waals surface area contributed by atoms with Crippen molar-refractivity contribution in [3.63, 3.8) is 0 Å². The Labute approximate surface area is 150 Å². The van der Waals surface area contributed by atoms with E-state index in [0.29, 0.717) is 6.54 Å². The molecule has 7 heteroatoms. The van der Waals surface area contributed by atoms with Crippen molar-refractivity contribution >= 4 is 11.8 Å². The SMILES string of the molecule is COCC1(CNC(=O)N[C@H]2CCCN(c3cc(C)nn3C)C2)CCC1. The second-order valence-electron chi connectivity index (χ2n) is 7.67. The van der Waals surface area contributed by atoms with Gasteiger partial charge in [0.05, 0.1) is 12.3 Å². The van der Waals surface area contributed by atoms with Gasteiger partial charge >= 0.3 is 6.03 Å². The zero-order valence-corrected chi connectivity index (χ0v) is 15.7. The number of methoxy groups -OCH3 is 1. The van der Waals surface area contributed by atoms with Crippen LogP contribution < -0.4 is 15.5 Å². The Hall–Kier alpha value is -1.76. The van der Waals surface area contributed by atoms with Gasteiger partial charge in [-0.25, -0.2) is 4.79 Å². The molecular formula is C18H31N5O2. The van der Waals surface area contributed by atoms with Crippen LogP contribution in [0.15, 0.2) is 6.07 Å². The van der Waals surface area contributed by atoms with E-state index in [0.717, 1.165) is 56.9 Å². The minimum Gasteiger partial charge on any atom is -0.384 e. The highest BCUT2D eigenvalue weighted by Crippen LogP contribution is 2.40. The van der Waals surface area contributed by atoms with Gasteiger partial charge in [0.15, 0.2) is 0 Å². The Morgan fingerprint density at radius 1 is 1.44 bits per heavy atom. The van der Waals surface area contributed by atoms with Crippen molar-refractivity contribution in [2.24, 2.45) is 12.5 Å². The summed E-state index contributed by atoms with van der Waals surface area (Å²) in [5.74, 6) is 1.12. The van der Waals surface area contributed by atoms with E-state index >= 15 is 0 Å². The lowest BCUT2D eigenvalue weighted by molar-refractivity contribution is 0.0199. The van der Waals surface area contributed by atoms with Gasteiger partial charge in [-0.3, -0.25) is 4.68 Å². The molecule has 0 unspecified atom stereocenters. The van der Waals surface area contributed by atoms with Crippen LogP contribution >= 0.6 is 0 Å². The van der Waals surface area contributed by atoms with Gasteiger partial charge in [-0.05, 0) is 32.6 Å². The maximum Gasteiger partial charge on any atom is 0.315 e. The standard InChI is InChI=1S/C18H31N5O2/c1-14-10-16(22(2)21-14)23-9-4-6-15(11-23)20-17(24)19-12-18(13-25-3)7-5-8-18/h10,15H,4-9,11-13H2,1-3H3,(H2,19,20,24)/t15-/m0/s1. The molecular weight excluding hydrogens is 318 g/mol. The molecule has 2 fully saturated rings. The fraction of sp³-hybridized carbons (Fsp3) is 0.778. The highest BCUT2D eigenvalue weighted by Gasteiger charge is 2.37. The smallest absolute Gasteiger partial charge is 0.315 e. The van der Waals surface area contributed by atoms with Gasteiger partial charge in [0.2, 0.25) is 0 Å². The number of aryl methyl sites for hydroxylation is 2. The predicted molar refractivity (Wildman–Crippen MR) is 97.9 cm³/mol. The van der Waals surface area contributed by atoms with Crippen molar-refractivity contribution in [3.8, 4) is 0 Å². The van der Waals surface area contributed by atoms with Gasteiger partial charge in [-0.1, -0.05) is 6.42 Å². The summed E-state index contributed by atoms with van der Waals surface area (Å²) in [7, 11) is 3.71. The number of nitrogens with one attached hydrogen (secondary N) is 2. The number of aromatic nitrogens is 2. The summed E-state index contributed by atoms with van der Waals surface area (Å²) in [6, 6.07) is 2.22. The van der Waals surface area contributed by atoms with E-state index in [1.165, 1.54) is 6.42 Å². The molecule has 1 aliphatic carbocycles. The lowest BCUT2D eigenvalue weighted by Crippen LogP contribution is -2.53. The molecule has 1 aromatic heterocycles. The second kappa shape index (κ2) is 7.64. The number of carbonyl (C=O) groups excluding carboxylic acids is 1. The first kappa shape index (κ1) is 18.0. The molecule has 3 rings (SSSR count). The molecule has 2 aliphatic rings. The summed E-state index contributed by atoms with van der Waals surface area (Å²) in [4.78, 5) is 14.6. The number of urea groups is 1. The summed E-state index contributed by atoms with van der Waals surface area (Å²) < 4.78 is 7.24. The Morgan fingerprint density at radius 2 is 2.24 bits per heavy atom. The lowest BCUT2D eigenvalue weighted by atomic mass is 9.69. The Bertz CT molecular complexity index is 596. The van der Waals surface area contributed by atoms with E-state index in [1.54, 1.807) is 7.11 Å². The molecule has 2 N–H and O–H groups in total. The molecule has 0 radical (unpaired) electrons. The number of carbonyl (C=O) groups is 1. The van der Waals surface area contributed by atoms with Gasteiger partial charge < -0.3 is 20.3 Å². The van der Waals surface area contributed by atoms with Gasteiger partial charge in [0, 0.05) is 51.3 Å². The summed E-state index contributed by atoms with van der Waals surface area (Å²) in [5.41, 5.74) is 1.17. The number of piperidine rings is 1. The molecule has 1 atom stereocenters. The largest absolute Gasteiger partial charge is 0.384 e. The molecule has 1 aliphatic heterocycles. The molecule has 0 spiro atoms. The van der Waals surface area contributed by atoms with Crippen LogP contribution in [0.5, 0.6) is 0 Å². The van der Waals surface area contributed by atoms with Crippen molar-refractivity contribution in [2.45, 2.75) is 45.1 Å². The fourth-order valence-corrected chi connectivity index (χ4v) is 4.06. The normalized spacial score (nSPS) is 22.4. The Morgan fingerprint density at radius 3 is 2.84 bits per heavy atom. The van der Waals surface area contributed by atoms with Gasteiger partial charge in [-0.15, -0.1) is 0 Å². The van der Waals surface area contributed by atoms with Crippen molar-refractivity contribution in [2.75, 3.05) is 38.3 Å². The molecule has 0 bridgehead atoms. The number of nitrogens with zero attached hydrogens (tertiary/aromatic N) is 3. The summed E-state index contributed by atoms with van der Waals surface area (Å²) >= 11 is 0. The molecule has 1 saturated carbocycles. The molecule has 1 aromatic rings. The first-order valence-corrected chi connectivity index (χ1v) is 9.30. The second-order valence-corrected chi connectivity index (χ2v) is 7.67. The topological polar surface area (TPSA) is 71.4 Å². The summed E-state index contributed by atoms with van der Waals surface area (Å²) in [6.45, 7) is 5.27. The van der Waals surface area contributed by atoms with Crippen LogP contribution in [-0.2, 0) is 11.8 Å². The van der Waals surface area contributed by atoms with Crippen LogP contribution in [-0.4, -0.2) is 55.2 Å². The van der Waals surface area contributed by atoms with Gasteiger partial charge in [0.25, 0.3) is 0 Å². The molecule has 2 amide bonds. The average molecular weight is 349 g/mol. The van der Waals surface area contributed by atoms with E-state index in [-0.39, 0.29) is 17.5 Å². The highest BCUT2D eigenvalue weighted by atomic mass is 16.5. The number of ether oxygens (including phenoxy) is 1. The van der Waals surface area contributed by atoms with Gasteiger partial charge in [-0.2, -0.15) is 5.10 Å². The van der Waals surface area contributed by atoms with E-state index in [4.69, 9.17) is 4.74 Å². The fourth-order valence-electron chi connectivity index (χ4n) is 4.06. The van der Waals surface area contributed by atoms with E-state index in [1.807, 2.05) is 18.7 Å². The summed E-state index contributed by atoms with van der Waals surface area (Å²) in [6.07, 6.45) is 5.59. The number of rotatable bonds is 6. The minimum atomic E-state index is -0.0598. The van der Waals surface area contributed by atoms with Crippen molar-refractivity contribution in [1.29, 1.82) is 0 Å². The zero-order valence-electron chi connectivity index (χ0n) is 15.7. The maximum absolute atomic E-state index is 12.3. The van der Waals surface area contributed by atoms with E-state index < -0.39 is 0 Å². The third kappa shape index (κ3) is 4.26. The number of amides is 2. The molecule has 140 valence electrons. The van der Waals surface area contributed by atoms with Crippen LogP contribution in [0.1, 0.15) is 37.8 Å².